The molecule has 3 aromatic carbocycles. The first-order chi connectivity index (χ1) is 19.4. The Balaban J connectivity index is 1.10. The molecule has 0 aliphatic heterocycles. The summed E-state index contributed by atoms with van der Waals surface area (Å²) in [6.07, 6.45) is 5.17. The Hall–Kier alpha value is -2.99. The molecule has 5 aromatic rings. The highest BCUT2D eigenvalue weighted by atomic mass is 35.5. The summed E-state index contributed by atoms with van der Waals surface area (Å²) in [5.41, 5.74) is 5.87. The maximum absolute atomic E-state index is 6.82. The van der Waals surface area contributed by atoms with E-state index in [1.165, 1.54) is 16.5 Å². The summed E-state index contributed by atoms with van der Waals surface area (Å²) < 4.78 is 14.1. The molecule has 0 spiro atoms. The Bertz CT molecular complexity index is 1720. The number of fused-ring (bicyclic) bond motifs is 1. The molecule has 0 bridgehead atoms. The first kappa shape index (κ1) is 25.9. The van der Waals surface area contributed by atoms with Crippen LogP contribution in [0.1, 0.15) is 79.4 Å². The van der Waals surface area contributed by atoms with E-state index in [-0.39, 0.29) is 6.61 Å². The Morgan fingerprint density at radius 3 is 2.50 bits per heavy atom. The minimum absolute atomic E-state index is 0.289. The van der Waals surface area contributed by atoms with Gasteiger partial charge in [-0.15, -0.1) is 0 Å². The zero-order chi connectivity index (χ0) is 27.5. The van der Waals surface area contributed by atoms with Gasteiger partial charge in [0.2, 0.25) is 0 Å². The van der Waals surface area contributed by atoms with E-state index in [0.717, 1.165) is 41.2 Å². The molecule has 2 atom stereocenters. The number of benzene rings is 3. The number of rotatable bonds is 8. The fourth-order valence-electron chi connectivity index (χ4n) is 5.71. The van der Waals surface area contributed by atoms with Crippen molar-refractivity contribution in [1.29, 1.82) is 0 Å². The van der Waals surface area contributed by atoms with Gasteiger partial charge in [-0.25, -0.2) is 0 Å². The lowest BCUT2D eigenvalue weighted by molar-refractivity contribution is 0.300. The van der Waals surface area contributed by atoms with Crippen molar-refractivity contribution < 1.29 is 9.26 Å². The zero-order valence-corrected chi connectivity index (χ0v) is 24.5. The van der Waals surface area contributed by atoms with Crippen LogP contribution in [0.5, 0.6) is 5.75 Å². The molecular formula is C32H28Cl3N3O2. The van der Waals surface area contributed by atoms with Crippen LogP contribution in [0.2, 0.25) is 15.1 Å². The van der Waals surface area contributed by atoms with E-state index >= 15 is 0 Å². The summed E-state index contributed by atoms with van der Waals surface area (Å²) >= 11 is 19.8. The monoisotopic (exact) mass is 591 g/mol. The SMILES string of the molecule is CC(C)n1ncc2ccc(C3CC3c3ccc(OCc4c(-c5c(Cl)cccc5Cl)noc4C4CC4)cc3Cl)cc21. The highest BCUT2D eigenvalue weighted by Crippen LogP contribution is 2.56. The molecule has 2 saturated carbocycles. The zero-order valence-electron chi connectivity index (χ0n) is 22.2. The summed E-state index contributed by atoms with van der Waals surface area (Å²) in [6, 6.07) is 18.5. The lowest BCUT2D eigenvalue weighted by Gasteiger charge is -2.11. The fourth-order valence-corrected chi connectivity index (χ4v) is 6.59. The molecule has 0 amide bonds. The molecule has 0 saturated heterocycles. The van der Waals surface area contributed by atoms with Crippen LogP contribution in [-0.4, -0.2) is 14.9 Å². The molecule has 5 nitrogen and oxygen atoms in total. The molecule has 2 fully saturated rings. The van der Waals surface area contributed by atoms with Gasteiger partial charge in [0, 0.05) is 27.9 Å². The quantitative estimate of drug-likeness (QED) is 0.180. The summed E-state index contributed by atoms with van der Waals surface area (Å²) in [7, 11) is 0. The van der Waals surface area contributed by atoms with Gasteiger partial charge in [-0.2, -0.15) is 5.10 Å². The van der Waals surface area contributed by atoms with Gasteiger partial charge in [0.15, 0.2) is 0 Å². The van der Waals surface area contributed by atoms with Gasteiger partial charge in [0.25, 0.3) is 0 Å². The third-order valence-electron chi connectivity index (χ3n) is 8.05. The fraction of sp³-hybridized carbons (Fsp3) is 0.312. The minimum atomic E-state index is 0.289. The number of nitrogens with zero attached hydrogens (tertiary/aromatic N) is 3. The minimum Gasteiger partial charge on any atom is -0.489 e. The molecule has 7 rings (SSSR count). The predicted octanol–water partition coefficient (Wildman–Crippen LogP) is 9.96. The maximum atomic E-state index is 6.82. The average molecular weight is 593 g/mol. The second-order valence-electron chi connectivity index (χ2n) is 11.2. The summed E-state index contributed by atoms with van der Waals surface area (Å²) in [5.74, 6) is 2.75. The van der Waals surface area contributed by atoms with E-state index in [2.05, 4.69) is 53.1 Å². The molecule has 2 aromatic heterocycles. The van der Waals surface area contributed by atoms with Crippen molar-refractivity contribution in [3.63, 3.8) is 0 Å². The van der Waals surface area contributed by atoms with Crippen molar-refractivity contribution >= 4 is 45.7 Å². The van der Waals surface area contributed by atoms with E-state index < -0.39 is 0 Å². The summed E-state index contributed by atoms with van der Waals surface area (Å²) in [6.45, 7) is 4.60. The second-order valence-corrected chi connectivity index (χ2v) is 12.4. The van der Waals surface area contributed by atoms with Crippen LogP contribution in [0.4, 0.5) is 0 Å². The Kier molecular flexibility index (Phi) is 6.57. The van der Waals surface area contributed by atoms with Crippen LogP contribution in [0, 0.1) is 0 Å². The molecule has 0 N–H and O–H groups in total. The molecule has 2 heterocycles. The van der Waals surface area contributed by atoms with Crippen molar-refractivity contribution in [2.24, 2.45) is 0 Å². The van der Waals surface area contributed by atoms with Crippen LogP contribution in [0.3, 0.4) is 0 Å². The van der Waals surface area contributed by atoms with Crippen LogP contribution in [-0.2, 0) is 6.61 Å². The van der Waals surface area contributed by atoms with Crippen molar-refractivity contribution in [2.75, 3.05) is 0 Å². The number of ether oxygens (including phenoxy) is 1. The maximum Gasteiger partial charge on any atom is 0.147 e. The van der Waals surface area contributed by atoms with Crippen LogP contribution < -0.4 is 4.74 Å². The number of aromatic nitrogens is 3. The van der Waals surface area contributed by atoms with Crippen LogP contribution >= 0.6 is 34.8 Å². The topological polar surface area (TPSA) is 53.1 Å². The Morgan fingerprint density at radius 2 is 1.77 bits per heavy atom. The molecular weight excluding hydrogens is 565 g/mol. The normalized spacial score (nSPS) is 18.6. The molecule has 8 heteroatoms. The first-order valence-electron chi connectivity index (χ1n) is 13.7. The van der Waals surface area contributed by atoms with Crippen LogP contribution in [0.15, 0.2) is 65.3 Å². The van der Waals surface area contributed by atoms with Crippen molar-refractivity contribution in [3.05, 3.63) is 98.3 Å². The van der Waals surface area contributed by atoms with Crippen LogP contribution in [0.25, 0.3) is 22.2 Å². The van der Waals surface area contributed by atoms with Gasteiger partial charge in [0.1, 0.15) is 23.8 Å². The molecule has 40 heavy (non-hydrogen) atoms. The van der Waals surface area contributed by atoms with Gasteiger partial charge in [-0.05, 0) is 86.4 Å². The lowest BCUT2D eigenvalue weighted by Crippen LogP contribution is -2.02. The van der Waals surface area contributed by atoms with Gasteiger partial charge in [0.05, 0.1) is 27.3 Å². The highest BCUT2D eigenvalue weighted by molar-refractivity contribution is 6.39. The second kappa shape index (κ2) is 10.1. The highest BCUT2D eigenvalue weighted by Gasteiger charge is 2.41. The Morgan fingerprint density at radius 1 is 0.975 bits per heavy atom. The average Bonchev–Trinajstić information content (AvgIpc) is 3.85. The molecule has 2 aliphatic rings. The first-order valence-corrected chi connectivity index (χ1v) is 14.8. The van der Waals surface area contributed by atoms with Gasteiger partial charge in [-0.1, -0.05) is 64.2 Å². The Labute approximate surface area is 248 Å². The number of hydrogen-bond acceptors (Lipinski definition) is 4. The smallest absolute Gasteiger partial charge is 0.147 e. The van der Waals surface area contributed by atoms with Crippen molar-refractivity contribution in [3.8, 4) is 17.0 Å². The standard InChI is InChI=1S/C32H28Cl3N3O2/c1-17(2)38-29-12-19(8-9-20(29)15-36-38)23-14-24(23)22-11-10-21(13-28(22)35)39-16-25-31(37-40-32(25)18-6-7-18)30-26(33)4-3-5-27(30)34/h3-5,8-13,15,17-18,23-24H,6-7,14,16H2,1-2H3. The number of halogens is 3. The third kappa shape index (κ3) is 4.68. The summed E-state index contributed by atoms with van der Waals surface area (Å²) in [4.78, 5) is 0. The lowest BCUT2D eigenvalue weighted by atomic mass is 10.0. The van der Waals surface area contributed by atoms with Gasteiger partial charge >= 0.3 is 0 Å². The van der Waals surface area contributed by atoms with Gasteiger partial charge in [-0.3, -0.25) is 4.68 Å². The van der Waals surface area contributed by atoms with Crippen molar-refractivity contribution in [2.45, 2.75) is 63.5 Å². The predicted molar refractivity (Wildman–Crippen MR) is 160 cm³/mol. The molecule has 2 aliphatic carbocycles. The van der Waals surface area contributed by atoms with Crippen molar-refractivity contribution in [1.82, 2.24) is 14.9 Å². The number of hydrogen-bond donors (Lipinski definition) is 0. The molecule has 2 unspecified atom stereocenters. The van der Waals surface area contributed by atoms with E-state index in [1.807, 2.05) is 24.4 Å². The molecule has 0 radical (unpaired) electrons. The van der Waals surface area contributed by atoms with E-state index in [4.69, 9.17) is 44.1 Å². The molecule has 204 valence electrons. The van der Waals surface area contributed by atoms with E-state index in [0.29, 0.717) is 50.8 Å². The largest absolute Gasteiger partial charge is 0.489 e. The third-order valence-corrected chi connectivity index (χ3v) is 9.01. The van der Waals surface area contributed by atoms with E-state index in [9.17, 15) is 0 Å². The summed E-state index contributed by atoms with van der Waals surface area (Å²) in [5, 5.41) is 11.9. The van der Waals surface area contributed by atoms with E-state index in [1.54, 1.807) is 12.1 Å². The van der Waals surface area contributed by atoms with Gasteiger partial charge < -0.3 is 9.26 Å².